The van der Waals surface area contributed by atoms with Gasteiger partial charge in [0.05, 0.1) is 13.2 Å². The highest BCUT2D eigenvalue weighted by Gasteiger charge is 2.52. The van der Waals surface area contributed by atoms with Crippen LogP contribution in [-0.4, -0.2) is 63.4 Å². The number of ether oxygens (including phenoxy) is 2. The molecule has 0 radical (unpaired) electrons. The van der Waals surface area contributed by atoms with Crippen molar-refractivity contribution in [2.75, 3.05) is 47.0 Å². The minimum atomic E-state index is -0.547. The van der Waals surface area contributed by atoms with E-state index in [9.17, 15) is 4.79 Å². The van der Waals surface area contributed by atoms with E-state index in [1.165, 1.54) is 0 Å². The molecular formula is C15H30N2O3. The molecule has 0 aromatic heterocycles. The number of esters is 1. The van der Waals surface area contributed by atoms with E-state index in [2.05, 4.69) is 17.1 Å². The molecule has 1 unspecified atom stereocenters. The number of hydrogen-bond donors (Lipinski definition) is 1. The van der Waals surface area contributed by atoms with Crippen molar-refractivity contribution in [3.05, 3.63) is 0 Å². The zero-order chi connectivity index (χ0) is 15.0. The molecule has 1 saturated carbocycles. The smallest absolute Gasteiger partial charge is 0.327 e. The summed E-state index contributed by atoms with van der Waals surface area (Å²) in [6.07, 6.45) is 3.22. The lowest BCUT2D eigenvalue weighted by molar-refractivity contribution is -0.153. The molecule has 0 aromatic rings. The predicted octanol–water partition coefficient (Wildman–Crippen LogP) is 1.28. The molecule has 1 N–H and O–H groups in total. The molecule has 118 valence electrons. The minimum absolute atomic E-state index is 0.0970. The number of likely N-dealkylation sites (N-methyl/N-ethyl adjacent to an activating group) is 1. The Labute approximate surface area is 123 Å². The van der Waals surface area contributed by atoms with E-state index in [0.29, 0.717) is 25.7 Å². The molecule has 20 heavy (non-hydrogen) atoms. The fourth-order valence-corrected chi connectivity index (χ4v) is 2.57. The first-order valence-corrected chi connectivity index (χ1v) is 7.70. The van der Waals surface area contributed by atoms with Gasteiger partial charge in [-0.15, -0.1) is 0 Å². The summed E-state index contributed by atoms with van der Waals surface area (Å²) in [5, 5.41) is 3.48. The van der Waals surface area contributed by atoms with Gasteiger partial charge in [-0.3, -0.25) is 0 Å². The van der Waals surface area contributed by atoms with Gasteiger partial charge in [-0.2, -0.15) is 0 Å². The maximum Gasteiger partial charge on any atom is 0.327 e. The van der Waals surface area contributed by atoms with Gasteiger partial charge >= 0.3 is 5.97 Å². The van der Waals surface area contributed by atoms with Gasteiger partial charge < -0.3 is 19.7 Å². The summed E-state index contributed by atoms with van der Waals surface area (Å²) >= 11 is 0. The zero-order valence-electron chi connectivity index (χ0n) is 13.4. The van der Waals surface area contributed by atoms with Crippen molar-refractivity contribution < 1.29 is 14.3 Å². The minimum Gasteiger partial charge on any atom is -0.465 e. The molecule has 1 aliphatic rings. The first-order valence-electron chi connectivity index (χ1n) is 7.70. The van der Waals surface area contributed by atoms with Crippen LogP contribution in [0, 0.1) is 5.92 Å². The van der Waals surface area contributed by atoms with E-state index in [0.717, 1.165) is 32.4 Å². The van der Waals surface area contributed by atoms with Crippen LogP contribution in [0.5, 0.6) is 0 Å². The highest BCUT2D eigenvalue weighted by Crippen LogP contribution is 2.41. The predicted molar refractivity (Wildman–Crippen MR) is 79.8 cm³/mol. The summed E-state index contributed by atoms with van der Waals surface area (Å²) in [6.45, 7) is 7.43. The highest BCUT2D eigenvalue weighted by atomic mass is 16.5. The number of methoxy groups -OCH3 is 1. The average Bonchev–Trinajstić information content (AvgIpc) is 3.26. The van der Waals surface area contributed by atoms with Crippen LogP contribution < -0.4 is 5.32 Å². The third-order valence-corrected chi connectivity index (χ3v) is 3.80. The van der Waals surface area contributed by atoms with Crippen LogP contribution in [0.2, 0.25) is 0 Å². The van der Waals surface area contributed by atoms with Crippen molar-refractivity contribution >= 4 is 5.97 Å². The Morgan fingerprint density at radius 3 is 2.60 bits per heavy atom. The molecule has 0 aromatic carbocycles. The second-order valence-corrected chi connectivity index (χ2v) is 5.62. The van der Waals surface area contributed by atoms with E-state index in [4.69, 9.17) is 9.47 Å². The first kappa shape index (κ1) is 17.4. The Morgan fingerprint density at radius 1 is 1.40 bits per heavy atom. The molecule has 1 atom stereocenters. The fraction of sp³-hybridized carbons (Fsp3) is 0.933. The van der Waals surface area contributed by atoms with Gasteiger partial charge in [-0.05, 0) is 45.7 Å². The second kappa shape index (κ2) is 8.60. The zero-order valence-corrected chi connectivity index (χ0v) is 13.4. The Bertz CT molecular complexity index is 295. The number of rotatable bonds is 11. The molecule has 0 saturated heterocycles. The van der Waals surface area contributed by atoms with Crippen molar-refractivity contribution in [2.24, 2.45) is 5.92 Å². The van der Waals surface area contributed by atoms with Gasteiger partial charge in [0.2, 0.25) is 0 Å². The van der Waals surface area contributed by atoms with Crippen LogP contribution in [0.1, 0.15) is 33.1 Å². The van der Waals surface area contributed by atoms with Crippen LogP contribution in [0.15, 0.2) is 0 Å². The summed E-state index contributed by atoms with van der Waals surface area (Å²) in [5.74, 6) is 0.304. The monoisotopic (exact) mass is 286 g/mol. The second-order valence-electron chi connectivity index (χ2n) is 5.62. The summed E-state index contributed by atoms with van der Waals surface area (Å²) < 4.78 is 10.5. The molecule has 5 nitrogen and oxygen atoms in total. The van der Waals surface area contributed by atoms with Crippen LogP contribution in [0.4, 0.5) is 0 Å². The topological polar surface area (TPSA) is 50.8 Å². The van der Waals surface area contributed by atoms with Crippen molar-refractivity contribution in [3.8, 4) is 0 Å². The van der Waals surface area contributed by atoms with Crippen molar-refractivity contribution in [2.45, 2.75) is 38.6 Å². The number of carbonyl (C=O) groups excluding carboxylic acids is 1. The van der Waals surface area contributed by atoms with Gasteiger partial charge in [0, 0.05) is 20.2 Å². The molecule has 5 heteroatoms. The lowest BCUT2D eigenvalue weighted by atomic mass is 9.92. The van der Waals surface area contributed by atoms with Crippen molar-refractivity contribution in [3.63, 3.8) is 0 Å². The Balaban J connectivity index is 2.76. The lowest BCUT2D eigenvalue weighted by Crippen LogP contribution is -2.61. The van der Waals surface area contributed by atoms with Gasteiger partial charge in [-0.25, -0.2) is 4.79 Å². The van der Waals surface area contributed by atoms with Crippen molar-refractivity contribution in [1.82, 2.24) is 10.2 Å². The summed E-state index contributed by atoms with van der Waals surface area (Å²) in [6, 6.07) is 0. The van der Waals surface area contributed by atoms with Gasteiger partial charge in [0.15, 0.2) is 0 Å². The normalized spacial score (nSPS) is 18.1. The van der Waals surface area contributed by atoms with Crippen LogP contribution in [0.3, 0.4) is 0 Å². The van der Waals surface area contributed by atoms with E-state index < -0.39 is 5.54 Å². The quantitative estimate of drug-likeness (QED) is 0.580. The molecule has 1 rings (SSSR count). The SMILES string of the molecule is CCCNC(CN(C)CCOC)(C(=O)OCC)C1CC1. The Kier molecular flexibility index (Phi) is 7.48. The standard InChI is InChI=1S/C15H30N2O3/c1-5-9-16-15(13-7-8-13,14(18)20-6-2)12-17(3)10-11-19-4/h13,16H,5-12H2,1-4H3. The van der Waals surface area contributed by atoms with E-state index in [1.54, 1.807) is 7.11 Å². The molecule has 1 aliphatic carbocycles. The molecule has 0 spiro atoms. The van der Waals surface area contributed by atoms with Crippen LogP contribution >= 0.6 is 0 Å². The number of carbonyl (C=O) groups is 1. The summed E-state index contributed by atoms with van der Waals surface area (Å²) in [5.41, 5.74) is -0.547. The number of nitrogens with one attached hydrogen (secondary N) is 1. The third-order valence-electron chi connectivity index (χ3n) is 3.80. The fourth-order valence-electron chi connectivity index (χ4n) is 2.57. The first-order chi connectivity index (χ1) is 9.60. The summed E-state index contributed by atoms with van der Waals surface area (Å²) in [4.78, 5) is 14.7. The molecule has 1 fully saturated rings. The molecule has 0 aliphatic heterocycles. The molecule has 0 heterocycles. The maximum absolute atomic E-state index is 12.5. The van der Waals surface area contributed by atoms with E-state index in [1.807, 2.05) is 14.0 Å². The largest absolute Gasteiger partial charge is 0.465 e. The summed E-state index contributed by atoms with van der Waals surface area (Å²) in [7, 11) is 3.73. The maximum atomic E-state index is 12.5. The van der Waals surface area contributed by atoms with Crippen LogP contribution in [0.25, 0.3) is 0 Å². The molecular weight excluding hydrogens is 256 g/mol. The number of hydrogen-bond acceptors (Lipinski definition) is 5. The third kappa shape index (κ3) is 4.72. The molecule has 0 bridgehead atoms. The number of nitrogens with zero attached hydrogens (tertiary/aromatic N) is 1. The van der Waals surface area contributed by atoms with Crippen LogP contribution in [-0.2, 0) is 14.3 Å². The Morgan fingerprint density at radius 2 is 2.10 bits per heavy atom. The van der Waals surface area contributed by atoms with Gasteiger partial charge in [0.1, 0.15) is 5.54 Å². The molecule has 0 amide bonds. The van der Waals surface area contributed by atoms with Crippen molar-refractivity contribution in [1.29, 1.82) is 0 Å². The van der Waals surface area contributed by atoms with Gasteiger partial charge in [0.25, 0.3) is 0 Å². The highest BCUT2D eigenvalue weighted by molar-refractivity contribution is 5.82. The average molecular weight is 286 g/mol. The lowest BCUT2D eigenvalue weighted by Gasteiger charge is -2.36. The Hall–Kier alpha value is -0.650. The van der Waals surface area contributed by atoms with E-state index in [-0.39, 0.29) is 5.97 Å². The van der Waals surface area contributed by atoms with Gasteiger partial charge in [-0.1, -0.05) is 6.92 Å². The van der Waals surface area contributed by atoms with E-state index >= 15 is 0 Å².